The van der Waals surface area contributed by atoms with E-state index >= 15 is 0 Å². The van der Waals surface area contributed by atoms with Gasteiger partial charge in [-0.05, 0) is 85.7 Å². The fraction of sp³-hybridized carbons (Fsp3) is 0.789. The normalized spacial score (nSPS) is 47.5. The fourth-order valence-electron chi connectivity index (χ4n) is 5.82. The van der Waals surface area contributed by atoms with Crippen LogP contribution in [0.25, 0.3) is 0 Å². The summed E-state index contributed by atoms with van der Waals surface area (Å²) in [6.07, 6.45) is 13.7. The Kier molecular flexibility index (Phi) is 2.77. The molecule has 0 aromatic heterocycles. The van der Waals surface area contributed by atoms with E-state index in [-0.39, 0.29) is 6.10 Å². The van der Waals surface area contributed by atoms with Gasteiger partial charge in [0.05, 0.1) is 6.10 Å². The van der Waals surface area contributed by atoms with Gasteiger partial charge in [-0.2, -0.15) is 0 Å². The zero-order valence-corrected chi connectivity index (χ0v) is 13.0. The van der Waals surface area contributed by atoms with Gasteiger partial charge in [-0.15, -0.1) is 0 Å². The molecule has 0 aliphatic heterocycles. The average Bonchev–Trinajstić information content (AvgIpc) is 2.81. The predicted octanol–water partition coefficient (Wildman–Crippen LogP) is 4.76. The van der Waals surface area contributed by atoms with Gasteiger partial charge in [0.1, 0.15) is 0 Å². The van der Waals surface area contributed by atoms with Crippen LogP contribution in [0.5, 0.6) is 0 Å². The van der Waals surface area contributed by atoms with Crippen LogP contribution >= 0.6 is 0 Å². The number of hydrogen-bond donors (Lipinski definition) is 1. The molecule has 0 heterocycles. The maximum Gasteiger partial charge on any atom is 0.0543 e. The molecule has 4 aliphatic carbocycles. The van der Waals surface area contributed by atoms with Crippen molar-refractivity contribution in [2.45, 2.75) is 77.7 Å². The van der Waals surface area contributed by atoms with Crippen molar-refractivity contribution in [2.24, 2.45) is 16.7 Å². The van der Waals surface area contributed by atoms with E-state index in [0.717, 1.165) is 18.8 Å². The topological polar surface area (TPSA) is 20.2 Å². The molecule has 1 nitrogen and oxygen atoms in total. The second-order valence-electron chi connectivity index (χ2n) is 8.26. The summed E-state index contributed by atoms with van der Waals surface area (Å²) in [4.78, 5) is 0. The highest BCUT2D eigenvalue weighted by Gasteiger charge is 2.49. The van der Waals surface area contributed by atoms with Gasteiger partial charge in [0.25, 0.3) is 0 Å². The van der Waals surface area contributed by atoms with Gasteiger partial charge >= 0.3 is 0 Å². The Labute approximate surface area is 123 Å². The Morgan fingerprint density at radius 3 is 2.80 bits per heavy atom. The van der Waals surface area contributed by atoms with E-state index in [1.165, 1.54) is 44.9 Å². The van der Waals surface area contributed by atoms with Gasteiger partial charge in [-0.25, -0.2) is 0 Å². The number of aliphatic hydroxyl groups excluding tert-OH is 1. The molecule has 1 heteroatoms. The van der Waals surface area contributed by atoms with Crippen molar-refractivity contribution in [2.75, 3.05) is 0 Å². The molecule has 4 rings (SSSR count). The van der Waals surface area contributed by atoms with Gasteiger partial charge in [0, 0.05) is 0 Å². The molecule has 1 N–H and O–H groups in total. The monoisotopic (exact) mass is 272 g/mol. The summed E-state index contributed by atoms with van der Waals surface area (Å²) in [5.74, 6) is 0.733. The summed E-state index contributed by atoms with van der Waals surface area (Å²) in [6.45, 7) is 5.00. The SMILES string of the molecule is C[C@@]12CCC=C1C1=C(CC2)[C@@]2(C)CC[C@H](O)CC2CC1. The van der Waals surface area contributed by atoms with Crippen LogP contribution in [0, 0.1) is 16.7 Å². The molecule has 20 heavy (non-hydrogen) atoms. The van der Waals surface area contributed by atoms with Crippen molar-refractivity contribution in [1.29, 1.82) is 0 Å². The molecule has 4 atom stereocenters. The minimum absolute atomic E-state index is 0.0326. The second-order valence-corrected chi connectivity index (χ2v) is 8.26. The lowest BCUT2D eigenvalue weighted by Crippen LogP contribution is -2.42. The smallest absolute Gasteiger partial charge is 0.0543 e. The molecule has 0 radical (unpaired) electrons. The largest absolute Gasteiger partial charge is 0.393 e. The van der Waals surface area contributed by atoms with Crippen LogP contribution in [0.2, 0.25) is 0 Å². The third kappa shape index (κ3) is 1.65. The van der Waals surface area contributed by atoms with Gasteiger partial charge in [0.2, 0.25) is 0 Å². The van der Waals surface area contributed by atoms with Crippen LogP contribution in [0.3, 0.4) is 0 Å². The van der Waals surface area contributed by atoms with Gasteiger partial charge < -0.3 is 5.11 Å². The van der Waals surface area contributed by atoms with Crippen molar-refractivity contribution in [1.82, 2.24) is 0 Å². The van der Waals surface area contributed by atoms with E-state index in [4.69, 9.17) is 0 Å². The summed E-state index contributed by atoms with van der Waals surface area (Å²) in [5, 5.41) is 10.0. The highest BCUT2D eigenvalue weighted by atomic mass is 16.3. The summed E-state index contributed by atoms with van der Waals surface area (Å²) < 4.78 is 0. The van der Waals surface area contributed by atoms with Crippen molar-refractivity contribution < 1.29 is 5.11 Å². The van der Waals surface area contributed by atoms with E-state index in [0.29, 0.717) is 10.8 Å². The Hall–Kier alpha value is -0.560. The minimum atomic E-state index is -0.0326. The lowest BCUT2D eigenvalue weighted by atomic mass is 9.53. The van der Waals surface area contributed by atoms with Crippen molar-refractivity contribution in [3.8, 4) is 0 Å². The zero-order chi connectivity index (χ0) is 14.0. The molecule has 1 unspecified atom stereocenters. The van der Waals surface area contributed by atoms with Gasteiger partial charge in [-0.1, -0.05) is 25.5 Å². The first-order valence-electron chi connectivity index (χ1n) is 8.64. The average molecular weight is 272 g/mol. The molecular weight excluding hydrogens is 244 g/mol. The maximum absolute atomic E-state index is 10.0. The molecule has 1 saturated carbocycles. The highest BCUT2D eigenvalue weighted by molar-refractivity contribution is 5.48. The van der Waals surface area contributed by atoms with Crippen LogP contribution in [0.15, 0.2) is 22.8 Å². The summed E-state index contributed by atoms with van der Waals surface area (Å²) in [5.41, 5.74) is 6.18. The van der Waals surface area contributed by atoms with E-state index < -0.39 is 0 Å². The van der Waals surface area contributed by atoms with Crippen LogP contribution in [0.4, 0.5) is 0 Å². The van der Waals surface area contributed by atoms with Crippen molar-refractivity contribution in [3.63, 3.8) is 0 Å². The maximum atomic E-state index is 10.0. The summed E-state index contributed by atoms with van der Waals surface area (Å²) in [6, 6.07) is 0. The van der Waals surface area contributed by atoms with Gasteiger partial charge in [0.15, 0.2) is 0 Å². The quantitative estimate of drug-likeness (QED) is 0.674. The first kappa shape index (κ1) is 13.1. The van der Waals surface area contributed by atoms with Gasteiger partial charge in [-0.3, -0.25) is 0 Å². The van der Waals surface area contributed by atoms with Crippen molar-refractivity contribution in [3.05, 3.63) is 22.8 Å². The van der Waals surface area contributed by atoms with E-state index in [9.17, 15) is 5.11 Å². The Morgan fingerprint density at radius 1 is 1.10 bits per heavy atom. The van der Waals surface area contributed by atoms with E-state index in [2.05, 4.69) is 19.9 Å². The molecule has 0 amide bonds. The van der Waals surface area contributed by atoms with Crippen LogP contribution < -0.4 is 0 Å². The molecule has 0 saturated heterocycles. The number of allylic oxidation sites excluding steroid dienone is 4. The predicted molar refractivity (Wildman–Crippen MR) is 82.4 cm³/mol. The summed E-state index contributed by atoms with van der Waals surface area (Å²) >= 11 is 0. The van der Waals surface area contributed by atoms with Crippen molar-refractivity contribution >= 4 is 0 Å². The third-order valence-electron chi connectivity index (χ3n) is 7.20. The second kappa shape index (κ2) is 4.22. The number of rotatable bonds is 0. The Balaban J connectivity index is 1.77. The molecule has 0 aromatic rings. The number of aliphatic hydroxyl groups is 1. The van der Waals surface area contributed by atoms with Crippen LogP contribution in [-0.4, -0.2) is 11.2 Å². The molecule has 0 aromatic carbocycles. The molecule has 0 spiro atoms. The van der Waals surface area contributed by atoms with E-state index in [1.807, 2.05) is 0 Å². The molecule has 0 bridgehead atoms. The number of hydrogen-bond acceptors (Lipinski definition) is 1. The van der Waals surface area contributed by atoms with E-state index in [1.54, 1.807) is 16.7 Å². The third-order valence-corrected chi connectivity index (χ3v) is 7.20. The first-order chi connectivity index (χ1) is 9.53. The molecular formula is C19H28O. The number of fused-ring (bicyclic) bond motifs is 4. The molecule has 1 fully saturated rings. The first-order valence-corrected chi connectivity index (χ1v) is 8.64. The highest BCUT2D eigenvalue weighted by Crippen LogP contribution is 2.61. The zero-order valence-electron chi connectivity index (χ0n) is 13.0. The fourth-order valence-corrected chi connectivity index (χ4v) is 5.82. The Bertz CT molecular complexity index is 500. The molecule has 110 valence electrons. The van der Waals surface area contributed by atoms with Crippen LogP contribution in [-0.2, 0) is 0 Å². The standard InChI is InChI=1S/C19H28O/c1-18-9-3-4-16(18)15-6-5-13-12-14(20)7-11-19(13,2)17(15)8-10-18/h4,13-14,20H,3,5-12H2,1-2H3/t13?,14-,18-,19-/m0/s1. The lowest BCUT2D eigenvalue weighted by molar-refractivity contribution is 0.0242. The minimum Gasteiger partial charge on any atom is -0.393 e. The summed E-state index contributed by atoms with van der Waals surface area (Å²) in [7, 11) is 0. The molecule has 4 aliphatic rings. The van der Waals surface area contributed by atoms with Crippen LogP contribution in [0.1, 0.15) is 71.6 Å². The lowest BCUT2D eigenvalue weighted by Gasteiger charge is -2.52. The Morgan fingerprint density at radius 2 is 1.95 bits per heavy atom.